The van der Waals surface area contributed by atoms with E-state index in [0.717, 1.165) is 0 Å². The number of carbonyl (C=O) groups excluding carboxylic acids is 1. The number of hydrogen-bond acceptors (Lipinski definition) is 3. The minimum atomic E-state index is -4.36. The molecule has 1 fully saturated rings. The molecule has 0 radical (unpaired) electrons. The summed E-state index contributed by atoms with van der Waals surface area (Å²) in [4.78, 5) is 12.0. The number of likely N-dealkylation sites (tertiary alicyclic amines) is 1. The van der Waals surface area contributed by atoms with E-state index >= 15 is 0 Å². The molecular weight excluding hydrogens is 321 g/mol. The largest absolute Gasteiger partial charge is 0.341 e. The minimum absolute atomic E-state index is 0.0787. The predicted octanol–water partition coefficient (Wildman–Crippen LogP) is 1.39. The molecule has 0 bridgehead atoms. The smallest absolute Gasteiger partial charge is 0.243 e. The number of nitrogens with one attached hydrogen (secondary N) is 1. The molecule has 22 heavy (non-hydrogen) atoms. The zero-order chi connectivity index (χ0) is 16.5. The van der Waals surface area contributed by atoms with Crippen LogP contribution in [0.2, 0.25) is 0 Å². The van der Waals surface area contributed by atoms with Crippen LogP contribution in [0, 0.1) is 17.5 Å². The van der Waals surface area contributed by atoms with E-state index in [1.807, 2.05) is 0 Å². The van der Waals surface area contributed by atoms with Gasteiger partial charge in [0.05, 0.1) is 0 Å². The number of sulfonamides is 1. The standard InChI is InChI=1S/C13H15F3N2O3S/c1-8(7-18-4-2-3-13(18)19)17-22(20,21)12-6-10(15)9(14)5-11(12)16/h5-6,8,17H,2-4,7H2,1H3. The van der Waals surface area contributed by atoms with Gasteiger partial charge in [0.1, 0.15) is 10.7 Å². The highest BCUT2D eigenvalue weighted by Gasteiger charge is 2.27. The van der Waals surface area contributed by atoms with Gasteiger partial charge in [-0.15, -0.1) is 0 Å². The number of nitrogens with zero attached hydrogens (tertiary/aromatic N) is 1. The van der Waals surface area contributed by atoms with Crippen molar-refractivity contribution in [1.82, 2.24) is 9.62 Å². The maximum atomic E-state index is 13.6. The van der Waals surface area contributed by atoms with Gasteiger partial charge in [0.15, 0.2) is 11.6 Å². The molecule has 1 N–H and O–H groups in total. The van der Waals surface area contributed by atoms with E-state index in [4.69, 9.17) is 0 Å². The molecule has 1 atom stereocenters. The van der Waals surface area contributed by atoms with Crippen molar-refractivity contribution in [3.8, 4) is 0 Å². The number of carbonyl (C=O) groups is 1. The lowest BCUT2D eigenvalue weighted by Gasteiger charge is -2.21. The van der Waals surface area contributed by atoms with Crippen LogP contribution in [0.25, 0.3) is 0 Å². The molecule has 1 aromatic carbocycles. The maximum absolute atomic E-state index is 13.6. The Morgan fingerprint density at radius 2 is 1.86 bits per heavy atom. The maximum Gasteiger partial charge on any atom is 0.243 e. The molecule has 0 spiro atoms. The fourth-order valence-electron chi connectivity index (χ4n) is 2.30. The van der Waals surface area contributed by atoms with Gasteiger partial charge in [-0.2, -0.15) is 0 Å². The Morgan fingerprint density at radius 3 is 2.45 bits per heavy atom. The van der Waals surface area contributed by atoms with E-state index in [1.165, 1.54) is 11.8 Å². The van der Waals surface area contributed by atoms with Crippen molar-refractivity contribution < 1.29 is 26.4 Å². The van der Waals surface area contributed by atoms with Gasteiger partial charge in [0, 0.05) is 31.6 Å². The van der Waals surface area contributed by atoms with Crippen LogP contribution in [0.5, 0.6) is 0 Å². The van der Waals surface area contributed by atoms with E-state index in [9.17, 15) is 26.4 Å². The molecule has 0 aromatic heterocycles. The number of hydrogen-bond donors (Lipinski definition) is 1. The third-order valence-electron chi connectivity index (χ3n) is 3.29. The van der Waals surface area contributed by atoms with Crippen molar-refractivity contribution >= 4 is 15.9 Å². The first-order chi connectivity index (χ1) is 10.2. The van der Waals surface area contributed by atoms with E-state index < -0.39 is 38.4 Å². The van der Waals surface area contributed by atoms with E-state index in [0.29, 0.717) is 25.5 Å². The molecule has 1 aromatic rings. The fraction of sp³-hybridized carbons (Fsp3) is 0.462. The summed E-state index contributed by atoms with van der Waals surface area (Å²) < 4.78 is 65.8. The molecule has 0 saturated carbocycles. The highest BCUT2D eigenvalue weighted by atomic mass is 32.2. The first-order valence-corrected chi connectivity index (χ1v) is 8.13. The van der Waals surface area contributed by atoms with Gasteiger partial charge < -0.3 is 4.90 Å². The lowest BCUT2D eigenvalue weighted by Crippen LogP contribution is -2.42. The van der Waals surface area contributed by atoms with Gasteiger partial charge in [-0.25, -0.2) is 26.3 Å². The molecule has 1 unspecified atom stereocenters. The second-order valence-corrected chi connectivity index (χ2v) is 6.84. The molecule has 1 aliphatic rings. The van der Waals surface area contributed by atoms with Gasteiger partial charge in [-0.05, 0) is 19.4 Å². The van der Waals surface area contributed by atoms with Crippen molar-refractivity contribution in [3.63, 3.8) is 0 Å². The highest BCUT2D eigenvalue weighted by Crippen LogP contribution is 2.19. The zero-order valence-electron chi connectivity index (χ0n) is 11.8. The number of benzene rings is 1. The average molecular weight is 336 g/mol. The molecule has 0 aliphatic carbocycles. The van der Waals surface area contributed by atoms with Crippen molar-refractivity contribution in [2.75, 3.05) is 13.1 Å². The Hall–Kier alpha value is -1.61. The third kappa shape index (κ3) is 3.58. The van der Waals surface area contributed by atoms with Crippen LogP contribution in [0.15, 0.2) is 17.0 Å². The van der Waals surface area contributed by atoms with E-state index in [2.05, 4.69) is 4.72 Å². The molecule has 1 saturated heterocycles. The average Bonchev–Trinajstić information content (AvgIpc) is 2.78. The van der Waals surface area contributed by atoms with Crippen LogP contribution in [-0.2, 0) is 14.8 Å². The lowest BCUT2D eigenvalue weighted by molar-refractivity contribution is -0.127. The molecule has 122 valence electrons. The minimum Gasteiger partial charge on any atom is -0.341 e. The first kappa shape index (κ1) is 16.8. The molecule has 1 aliphatic heterocycles. The van der Waals surface area contributed by atoms with Gasteiger partial charge in [0.2, 0.25) is 15.9 Å². The Morgan fingerprint density at radius 1 is 1.23 bits per heavy atom. The van der Waals surface area contributed by atoms with Crippen molar-refractivity contribution in [3.05, 3.63) is 29.6 Å². The second-order valence-electron chi connectivity index (χ2n) is 5.16. The highest BCUT2D eigenvalue weighted by molar-refractivity contribution is 7.89. The number of amides is 1. The SMILES string of the molecule is CC(CN1CCCC1=O)NS(=O)(=O)c1cc(F)c(F)cc1F. The number of halogens is 3. The second kappa shape index (κ2) is 6.25. The van der Waals surface area contributed by atoms with Crippen molar-refractivity contribution in [2.24, 2.45) is 0 Å². The van der Waals surface area contributed by atoms with Crippen LogP contribution in [-0.4, -0.2) is 38.4 Å². The van der Waals surface area contributed by atoms with E-state index in [-0.39, 0.29) is 18.5 Å². The van der Waals surface area contributed by atoms with Gasteiger partial charge >= 0.3 is 0 Å². The normalized spacial score (nSPS) is 17.1. The van der Waals surface area contributed by atoms with E-state index in [1.54, 1.807) is 0 Å². The molecule has 1 amide bonds. The van der Waals surface area contributed by atoms with Crippen LogP contribution >= 0.6 is 0 Å². The summed E-state index contributed by atoms with van der Waals surface area (Å²) in [7, 11) is -4.36. The van der Waals surface area contributed by atoms with Gasteiger partial charge in [-0.1, -0.05) is 0 Å². The van der Waals surface area contributed by atoms with Crippen LogP contribution in [0.1, 0.15) is 19.8 Å². The molecule has 9 heteroatoms. The first-order valence-electron chi connectivity index (χ1n) is 6.65. The van der Waals surface area contributed by atoms with Crippen molar-refractivity contribution in [2.45, 2.75) is 30.7 Å². The molecule has 5 nitrogen and oxygen atoms in total. The topological polar surface area (TPSA) is 66.5 Å². The lowest BCUT2D eigenvalue weighted by atomic mass is 10.3. The summed E-state index contributed by atoms with van der Waals surface area (Å²) in [6.45, 7) is 2.16. The summed E-state index contributed by atoms with van der Waals surface area (Å²) in [5.74, 6) is -4.38. The van der Waals surface area contributed by atoms with Gasteiger partial charge in [-0.3, -0.25) is 4.79 Å². The van der Waals surface area contributed by atoms with Crippen molar-refractivity contribution in [1.29, 1.82) is 0 Å². The number of rotatable bonds is 5. The summed E-state index contributed by atoms with van der Waals surface area (Å²) in [6, 6.07) is -0.223. The van der Waals surface area contributed by atoms with Crippen LogP contribution in [0.4, 0.5) is 13.2 Å². The molecular formula is C13H15F3N2O3S. The Kier molecular flexibility index (Phi) is 4.76. The molecule has 2 rings (SSSR count). The Bertz CT molecular complexity index is 694. The summed E-state index contributed by atoms with van der Waals surface area (Å²) in [5, 5.41) is 0. The zero-order valence-corrected chi connectivity index (χ0v) is 12.6. The third-order valence-corrected chi connectivity index (χ3v) is 4.89. The van der Waals surface area contributed by atoms with Crippen LogP contribution in [0.3, 0.4) is 0 Å². The molecule has 1 heterocycles. The summed E-state index contributed by atoms with van der Waals surface area (Å²) in [5.41, 5.74) is 0. The fourth-order valence-corrected chi connectivity index (χ4v) is 3.61. The summed E-state index contributed by atoms with van der Waals surface area (Å²) in [6.07, 6.45) is 1.12. The monoisotopic (exact) mass is 336 g/mol. The predicted molar refractivity (Wildman–Crippen MR) is 71.9 cm³/mol. The summed E-state index contributed by atoms with van der Waals surface area (Å²) >= 11 is 0. The Labute approximate surface area is 126 Å². The quantitative estimate of drug-likeness (QED) is 0.827. The van der Waals surface area contributed by atoms with Gasteiger partial charge in [0.25, 0.3) is 0 Å². The Balaban J connectivity index is 2.13. The van der Waals surface area contributed by atoms with Crippen LogP contribution < -0.4 is 4.72 Å².